The Morgan fingerprint density at radius 3 is 2.86 bits per heavy atom. The van der Waals surface area contributed by atoms with Gasteiger partial charge in [-0.2, -0.15) is 0 Å². The van der Waals surface area contributed by atoms with Crippen molar-refractivity contribution in [3.63, 3.8) is 0 Å². The van der Waals surface area contributed by atoms with Gasteiger partial charge in [0, 0.05) is 5.56 Å². The summed E-state index contributed by atoms with van der Waals surface area (Å²) in [7, 11) is -1.46. The Bertz CT molecular complexity index is 771. The molecule has 0 radical (unpaired) electrons. The standard InChI is InChI=1S/C12H15N5O3S/c1-20-11-3-2-8(6-10(11)13)12-14-15-16-17(12)9-4-5-21(18,19)7-9/h2-3,6,9H,4-5,7,13H2,1H3. The van der Waals surface area contributed by atoms with Crippen molar-refractivity contribution in [2.75, 3.05) is 24.3 Å². The number of aromatic nitrogens is 4. The molecule has 1 aromatic heterocycles. The quantitative estimate of drug-likeness (QED) is 0.811. The number of methoxy groups -OCH3 is 1. The van der Waals surface area contributed by atoms with Crippen LogP contribution in [0.25, 0.3) is 11.4 Å². The molecule has 2 N–H and O–H groups in total. The first kappa shape index (κ1) is 13.8. The van der Waals surface area contributed by atoms with E-state index >= 15 is 0 Å². The number of ether oxygens (including phenoxy) is 1. The molecule has 1 fully saturated rings. The molecule has 2 aromatic rings. The monoisotopic (exact) mass is 309 g/mol. The minimum absolute atomic E-state index is 0.0661. The van der Waals surface area contributed by atoms with Gasteiger partial charge in [0.2, 0.25) is 0 Å². The Morgan fingerprint density at radius 1 is 1.43 bits per heavy atom. The lowest BCUT2D eigenvalue weighted by Crippen LogP contribution is -2.14. The van der Waals surface area contributed by atoms with Crippen molar-refractivity contribution in [3.05, 3.63) is 18.2 Å². The van der Waals surface area contributed by atoms with E-state index in [1.54, 1.807) is 30.0 Å². The fraction of sp³-hybridized carbons (Fsp3) is 0.417. The first-order valence-electron chi connectivity index (χ1n) is 6.42. The maximum Gasteiger partial charge on any atom is 0.182 e. The molecular formula is C12H15N5O3S. The van der Waals surface area contributed by atoms with Gasteiger partial charge < -0.3 is 10.5 Å². The van der Waals surface area contributed by atoms with Gasteiger partial charge in [0.05, 0.1) is 30.3 Å². The zero-order chi connectivity index (χ0) is 15.0. The molecule has 21 heavy (non-hydrogen) atoms. The molecule has 1 aliphatic heterocycles. The summed E-state index contributed by atoms with van der Waals surface area (Å²) in [6.07, 6.45) is 0.520. The molecule has 1 saturated heterocycles. The van der Waals surface area contributed by atoms with Crippen molar-refractivity contribution >= 4 is 15.5 Å². The summed E-state index contributed by atoms with van der Waals surface area (Å²) in [4.78, 5) is 0. The zero-order valence-electron chi connectivity index (χ0n) is 11.4. The number of benzene rings is 1. The van der Waals surface area contributed by atoms with Crippen LogP contribution in [0.15, 0.2) is 18.2 Å². The summed E-state index contributed by atoms with van der Waals surface area (Å²) in [6.45, 7) is 0. The van der Waals surface area contributed by atoms with E-state index in [4.69, 9.17) is 10.5 Å². The number of nitrogens with two attached hydrogens (primary N) is 1. The molecule has 112 valence electrons. The first-order chi connectivity index (χ1) is 10.00. The molecule has 0 spiro atoms. The number of hydrogen-bond acceptors (Lipinski definition) is 7. The van der Waals surface area contributed by atoms with Crippen LogP contribution in [0.4, 0.5) is 5.69 Å². The summed E-state index contributed by atoms with van der Waals surface area (Å²) in [5.41, 5.74) is 7.09. The minimum Gasteiger partial charge on any atom is -0.495 e. The van der Waals surface area contributed by atoms with Crippen LogP contribution in [0.3, 0.4) is 0 Å². The van der Waals surface area contributed by atoms with Crippen LogP contribution in [-0.4, -0.2) is 47.2 Å². The average molecular weight is 309 g/mol. The summed E-state index contributed by atoms with van der Waals surface area (Å²) in [6, 6.07) is 5.00. The largest absolute Gasteiger partial charge is 0.495 e. The van der Waals surface area contributed by atoms with Crippen molar-refractivity contribution in [1.29, 1.82) is 0 Å². The number of tetrazole rings is 1. The first-order valence-corrected chi connectivity index (χ1v) is 8.24. The Hall–Kier alpha value is -2.16. The van der Waals surface area contributed by atoms with E-state index in [0.29, 0.717) is 23.7 Å². The molecule has 1 unspecified atom stereocenters. The summed E-state index contributed by atoms with van der Waals surface area (Å²) < 4.78 is 29.9. The number of anilines is 1. The van der Waals surface area contributed by atoms with Crippen molar-refractivity contribution in [2.24, 2.45) is 0 Å². The van der Waals surface area contributed by atoms with Crippen LogP contribution >= 0.6 is 0 Å². The maximum atomic E-state index is 11.6. The Morgan fingerprint density at radius 2 is 2.24 bits per heavy atom. The maximum absolute atomic E-state index is 11.6. The lowest BCUT2D eigenvalue weighted by atomic mass is 10.1. The molecule has 0 saturated carbocycles. The van der Waals surface area contributed by atoms with Gasteiger partial charge in [-0.3, -0.25) is 0 Å². The van der Waals surface area contributed by atoms with Crippen molar-refractivity contribution in [2.45, 2.75) is 12.5 Å². The van der Waals surface area contributed by atoms with Crippen LogP contribution in [0.1, 0.15) is 12.5 Å². The predicted molar refractivity (Wildman–Crippen MR) is 76.5 cm³/mol. The van der Waals surface area contributed by atoms with E-state index < -0.39 is 9.84 Å². The van der Waals surface area contributed by atoms with Crippen molar-refractivity contribution in [1.82, 2.24) is 20.2 Å². The van der Waals surface area contributed by atoms with Crippen molar-refractivity contribution < 1.29 is 13.2 Å². The summed E-state index contributed by atoms with van der Waals surface area (Å²) in [5.74, 6) is 1.31. The number of nitrogen functional groups attached to an aromatic ring is 1. The van der Waals surface area contributed by atoms with E-state index in [1.165, 1.54) is 0 Å². The zero-order valence-corrected chi connectivity index (χ0v) is 12.2. The van der Waals surface area contributed by atoms with Gasteiger partial charge in [-0.25, -0.2) is 13.1 Å². The van der Waals surface area contributed by atoms with Gasteiger partial charge >= 0.3 is 0 Å². The van der Waals surface area contributed by atoms with Gasteiger partial charge in [0.15, 0.2) is 15.7 Å². The molecule has 0 aliphatic carbocycles. The van der Waals surface area contributed by atoms with Crippen LogP contribution < -0.4 is 10.5 Å². The molecule has 3 rings (SSSR count). The number of nitrogens with zero attached hydrogens (tertiary/aromatic N) is 4. The van der Waals surface area contributed by atoms with Crippen LogP contribution in [-0.2, 0) is 9.84 Å². The fourth-order valence-corrected chi connectivity index (χ4v) is 4.16. The van der Waals surface area contributed by atoms with Crippen LogP contribution in [0.2, 0.25) is 0 Å². The highest BCUT2D eigenvalue weighted by Gasteiger charge is 2.31. The lowest BCUT2D eigenvalue weighted by molar-refractivity contribution is 0.417. The Balaban J connectivity index is 1.98. The molecule has 0 bridgehead atoms. The Kier molecular flexibility index (Phi) is 3.28. The SMILES string of the molecule is COc1ccc(-c2nnnn2C2CCS(=O)(=O)C2)cc1N. The third-order valence-electron chi connectivity index (χ3n) is 3.53. The summed E-state index contributed by atoms with van der Waals surface area (Å²) in [5, 5.41) is 11.6. The number of sulfone groups is 1. The van der Waals surface area contributed by atoms with E-state index in [-0.39, 0.29) is 17.5 Å². The molecule has 9 heteroatoms. The third-order valence-corrected chi connectivity index (χ3v) is 5.29. The second kappa shape index (κ2) is 4.99. The van der Waals surface area contributed by atoms with E-state index in [2.05, 4.69) is 15.5 Å². The molecule has 1 aromatic carbocycles. The highest BCUT2D eigenvalue weighted by Crippen LogP contribution is 2.30. The van der Waals surface area contributed by atoms with Gasteiger partial charge in [-0.1, -0.05) is 0 Å². The topological polar surface area (TPSA) is 113 Å². The average Bonchev–Trinajstić information content (AvgIpc) is 3.04. The minimum atomic E-state index is -3.00. The second-order valence-corrected chi connectivity index (χ2v) is 7.19. The molecule has 1 atom stereocenters. The van der Waals surface area contributed by atoms with Crippen molar-refractivity contribution in [3.8, 4) is 17.1 Å². The van der Waals surface area contributed by atoms with Gasteiger partial charge in [-0.05, 0) is 35.0 Å². The van der Waals surface area contributed by atoms with Gasteiger partial charge in [0.1, 0.15) is 5.75 Å². The molecule has 0 amide bonds. The van der Waals surface area contributed by atoms with Gasteiger partial charge in [-0.15, -0.1) is 5.10 Å². The molecule has 2 heterocycles. The number of rotatable bonds is 3. The second-order valence-electron chi connectivity index (χ2n) is 4.96. The third kappa shape index (κ3) is 2.56. The van der Waals surface area contributed by atoms with E-state index in [1.807, 2.05) is 0 Å². The van der Waals surface area contributed by atoms with E-state index in [9.17, 15) is 8.42 Å². The van der Waals surface area contributed by atoms with E-state index in [0.717, 1.165) is 5.56 Å². The fourth-order valence-electron chi connectivity index (χ4n) is 2.47. The molecular weight excluding hydrogens is 294 g/mol. The molecule has 1 aliphatic rings. The van der Waals surface area contributed by atoms with Crippen LogP contribution in [0.5, 0.6) is 5.75 Å². The van der Waals surface area contributed by atoms with Crippen LogP contribution in [0, 0.1) is 0 Å². The molecule has 8 nitrogen and oxygen atoms in total. The smallest absolute Gasteiger partial charge is 0.182 e. The lowest BCUT2D eigenvalue weighted by Gasteiger charge is -2.11. The highest BCUT2D eigenvalue weighted by atomic mass is 32.2. The predicted octanol–water partition coefficient (Wildman–Crippen LogP) is 0.291. The number of hydrogen-bond donors (Lipinski definition) is 1. The van der Waals surface area contributed by atoms with Gasteiger partial charge in [0.25, 0.3) is 0 Å². The normalized spacial score (nSPS) is 20.5. The summed E-state index contributed by atoms with van der Waals surface area (Å²) >= 11 is 0. The highest BCUT2D eigenvalue weighted by molar-refractivity contribution is 7.91. The Labute approximate surface area is 121 Å².